The van der Waals surface area contributed by atoms with Crippen LogP contribution in [0.5, 0.6) is 0 Å². The zero-order chi connectivity index (χ0) is 12.9. The Bertz CT molecular complexity index is 535. The minimum Gasteiger partial charge on any atom is -1.00 e. The van der Waals surface area contributed by atoms with Gasteiger partial charge in [0, 0.05) is 0 Å². The summed E-state index contributed by atoms with van der Waals surface area (Å²) >= 11 is 0. The smallest absolute Gasteiger partial charge is 1.00 e. The summed E-state index contributed by atoms with van der Waals surface area (Å²) in [6, 6.07) is 32.7. The Morgan fingerprint density at radius 1 is 0.450 bits per heavy atom. The number of rotatable bonds is 3. The van der Waals surface area contributed by atoms with Crippen LogP contribution >= 0.6 is 0 Å². The first kappa shape index (κ1) is 15.9. The summed E-state index contributed by atoms with van der Waals surface area (Å²) in [4.78, 5) is 0. The number of benzene rings is 3. The molecule has 94 valence electrons. The normalized spacial score (nSPS) is 10.1. The van der Waals surface area contributed by atoms with E-state index in [0.717, 1.165) is 0 Å². The first-order valence-corrected chi connectivity index (χ1v) is 8.33. The van der Waals surface area contributed by atoms with Gasteiger partial charge in [-0.05, 0) is 0 Å². The minimum absolute atomic E-state index is 0. The molecule has 0 saturated heterocycles. The Kier molecular flexibility index (Phi) is 6.42. The van der Waals surface area contributed by atoms with Crippen molar-refractivity contribution in [2.24, 2.45) is 0 Å². The summed E-state index contributed by atoms with van der Waals surface area (Å²) in [6.07, 6.45) is 0. The average Bonchev–Trinajstić information content (AvgIpc) is 2.51. The monoisotopic (exact) mass is 300 g/mol. The van der Waals surface area contributed by atoms with Crippen LogP contribution in [0.3, 0.4) is 0 Å². The molecule has 3 rings (SSSR count). The molecule has 20 heavy (non-hydrogen) atoms. The predicted octanol–water partition coefficient (Wildman–Crippen LogP) is -0.948. The van der Waals surface area contributed by atoms with E-state index in [-0.39, 0.29) is 52.8 Å². The van der Waals surface area contributed by atoms with Gasteiger partial charge >= 0.3 is 51.4 Å². The van der Waals surface area contributed by atoms with Gasteiger partial charge in [-0.1, -0.05) is 107 Å². The molecule has 3 aromatic rings. The summed E-state index contributed by atoms with van der Waals surface area (Å²) in [5, 5.41) is 4.42. The second kappa shape index (κ2) is 8.08. The van der Waals surface area contributed by atoms with E-state index < -0.39 is 8.80 Å². The van der Waals surface area contributed by atoms with Crippen LogP contribution in [0.2, 0.25) is 0 Å². The fourth-order valence-electron chi connectivity index (χ4n) is 2.51. The maximum atomic E-state index is 2.26. The van der Waals surface area contributed by atoms with Crippen LogP contribution in [0, 0.1) is 0 Å². The molecule has 0 unspecified atom stereocenters. The molecule has 0 aliphatic rings. The van der Waals surface area contributed by atoms with E-state index in [9.17, 15) is 0 Å². The van der Waals surface area contributed by atoms with Crippen LogP contribution < -0.4 is 66.9 Å². The van der Waals surface area contributed by atoms with Crippen LogP contribution in [-0.4, -0.2) is 8.80 Å². The molecule has 0 heterocycles. The van der Waals surface area contributed by atoms with E-state index in [1.807, 2.05) is 0 Å². The summed E-state index contributed by atoms with van der Waals surface area (Å²) in [5.41, 5.74) is 0. The first-order chi connectivity index (χ1) is 9.45. The van der Waals surface area contributed by atoms with Gasteiger partial charge in [-0.25, -0.2) is 0 Å². The molecule has 0 aliphatic carbocycles. The molecule has 3 aromatic carbocycles. The number of hydrogen-bond donors (Lipinski definition) is 0. The van der Waals surface area contributed by atoms with E-state index in [4.69, 9.17) is 0 Å². The third kappa shape index (κ3) is 3.79. The maximum absolute atomic E-state index is 2.26. The van der Waals surface area contributed by atoms with Gasteiger partial charge in [0.05, 0.1) is 0 Å². The Morgan fingerprint density at radius 3 is 0.950 bits per heavy atom. The average molecular weight is 301 g/mol. The summed E-state index contributed by atoms with van der Waals surface area (Å²) in [7, 11) is -1.31. The van der Waals surface area contributed by atoms with E-state index in [2.05, 4.69) is 91.0 Å². The zero-order valence-corrected chi connectivity index (χ0v) is 16.0. The predicted molar refractivity (Wildman–Crippen MR) is 86.5 cm³/mol. The van der Waals surface area contributed by atoms with Crippen LogP contribution in [0.4, 0.5) is 0 Å². The standard InChI is InChI=1S/C18H16Si.K.H/c1-4-10-16(11-5-1)19(17-12-6-2-7-13-17)18-14-8-3-9-15-18;;/h1-15,19H;;/q;+1;-1. The molecular weight excluding hydrogens is 283 g/mol. The molecule has 0 atom stereocenters. The van der Waals surface area contributed by atoms with Gasteiger partial charge in [-0.3, -0.25) is 0 Å². The SMILES string of the molecule is [H-].[K+].c1ccc([SiH](c2ccccc2)c2ccccc2)cc1. The van der Waals surface area contributed by atoms with Crippen molar-refractivity contribution in [3.8, 4) is 0 Å². The van der Waals surface area contributed by atoms with Crippen molar-refractivity contribution >= 4 is 24.4 Å². The second-order valence-electron chi connectivity index (χ2n) is 4.67. The molecule has 0 aliphatic heterocycles. The summed E-state index contributed by atoms with van der Waals surface area (Å²) in [5.74, 6) is 0. The Balaban J connectivity index is 0.00000110. The van der Waals surface area contributed by atoms with E-state index >= 15 is 0 Å². The van der Waals surface area contributed by atoms with Crippen molar-refractivity contribution in [1.29, 1.82) is 0 Å². The summed E-state index contributed by atoms with van der Waals surface area (Å²) < 4.78 is 0. The van der Waals surface area contributed by atoms with E-state index in [1.165, 1.54) is 15.6 Å². The number of hydrogen-bond acceptors (Lipinski definition) is 0. The fraction of sp³-hybridized carbons (Fsp3) is 0. The first-order valence-electron chi connectivity index (χ1n) is 6.60. The van der Waals surface area contributed by atoms with Crippen molar-refractivity contribution < 1.29 is 52.8 Å². The molecule has 0 saturated carbocycles. The van der Waals surface area contributed by atoms with Gasteiger partial charge in [0.2, 0.25) is 0 Å². The van der Waals surface area contributed by atoms with Crippen LogP contribution in [0.15, 0.2) is 91.0 Å². The molecular formula is C18H17KSi. The summed E-state index contributed by atoms with van der Waals surface area (Å²) in [6.45, 7) is 0. The third-order valence-electron chi connectivity index (χ3n) is 3.40. The van der Waals surface area contributed by atoms with Crippen molar-refractivity contribution in [2.45, 2.75) is 0 Å². The molecule has 0 fully saturated rings. The zero-order valence-electron chi connectivity index (χ0n) is 12.7. The minimum atomic E-state index is -1.31. The van der Waals surface area contributed by atoms with E-state index in [1.54, 1.807) is 0 Å². The Labute approximate surface area is 166 Å². The molecule has 0 spiro atoms. The molecule has 0 amide bonds. The molecule has 0 nitrogen and oxygen atoms in total. The van der Waals surface area contributed by atoms with Crippen LogP contribution in [-0.2, 0) is 0 Å². The maximum Gasteiger partial charge on any atom is 1.00 e. The molecule has 2 heteroatoms. The van der Waals surface area contributed by atoms with Gasteiger partial charge in [-0.2, -0.15) is 0 Å². The Morgan fingerprint density at radius 2 is 0.700 bits per heavy atom. The van der Waals surface area contributed by atoms with E-state index in [0.29, 0.717) is 0 Å². The third-order valence-corrected chi connectivity index (χ3v) is 6.55. The largest absolute Gasteiger partial charge is 1.00 e. The quantitative estimate of drug-likeness (QED) is 0.432. The fourth-order valence-corrected chi connectivity index (χ4v) is 5.49. The molecule has 0 radical (unpaired) electrons. The van der Waals surface area contributed by atoms with Crippen LogP contribution in [0.25, 0.3) is 0 Å². The molecule has 0 N–H and O–H groups in total. The van der Waals surface area contributed by atoms with Crippen molar-refractivity contribution in [2.75, 3.05) is 0 Å². The van der Waals surface area contributed by atoms with Gasteiger partial charge in [-0.15, -0.1) is 0 Å². The molecule has 0 bridgehead atoms. The van der Waals surface area contributed by atoms with Gasteiger partial charge in [0.1, 0.15) is 8.80 Å². The van der Waals surface area contributed by atoms with Crippen molar-refractivity contribution in [3.63, 3.8) is 0 Å². The van der Waals surface area contributed by atoms with Crippen LogP contribution in [0.1, 0.15) is 1.43 Å². The Hall–Kier alpha value is -0.487. The second-order valence-corrected chi connectivity index (χ2v) is 7.53. The van der Waals surface area contributed by atoms with Gasteiger partial charge in [0.25, 0.3) is 0 Å². The molecule has 0 aromatic heterocycles. The van der Waals surface area contributed by atoms with Gasteiger partial charge in [0.15, 0.2) is 0 Å². The van der Waals surface area contributed by atoms with Crippen molar-refractivity contribution in [1.82, 2.24) is 0 Å². The topological polar surface area (TPSA) is 0 Å². The van der Waals surface area contributed by atoms with Crippen molar-refractivity contribution in [3.05, 3.63) is 91.0 Å². The van der Waals surface area contributed by atoms with Gasteiger partial charge < -0.3 is 1.43 Å².